The second-order valence-corrected chi connectivity index (χ2v) is 7.29. The van der Waals surface area contributed by atoms with Crippen molar-refractivity contribution in [1.82, 2.24) is 0 Å². The lowest BCUT2D eigenvalue weighted by molar-refractivity contribution is -0.122. The number of fused-ring (bicyclic) bond motifs is 1. The number of carbonyl (C=O) groups excluding carboxylic acids is 2. The first-order valence-corrected chi connectivity index (χ1v) is 9.19. The minimum atomic E-state index is -0.425. The molecule has 1 saturated heterocycles. The molecule has 0 radical (unpaired) electrons. The minimum Gasteiger partial charge on any atom is -0.423 e. The highest BCUT2D eigenvalue weighted by Crippen LogP contribution is 2.27. The Kier molecular flexibility index (Phi) is 4.53. The van der Waals surface area contributed by atoms with Crippen molar-refractivity contribution in [2.45, 2.75) is 6.42 Å². The molecule has 0 bridgehead atoms. The van der Waals surface area contributed by atoms with Gasteiger partial charge < -0.3 is 14.6 Å². The quantitative estimate of drug-likeness (QED) is 0.649. The number of nitrogens with one attached hydrogen (secondary N) is 1. The van der Waals surface area contributed by atoms with E-state index >= 15 is 0 Å². The van der Waals surface area contributed by atoms with E-state index < -0.39 is 11.5 Å². The van der Waals surface area contributed by atoms with Crippen molar-refractivity contribution < 1.29 is 14.0 Å². The first-order valence-electron chi connectivity index (χ1n) is 8.40. The molecule has 1 aliphatic heterocycles. The minimum absolute atomic E-state index is 0.0715. The van der Waals surface area contributed by atoms with Crippen LogP contribution in [0.4, 0.5) is 11.4 Å². The number of amides is 2. The number of rotatable bonds is 3. The highest BCUT2D eigenvalue weighted by molar-refractivity contribution is 9.10. The summed E-state index contributed by atoms with van der Waals surface area (Å²) < 4.78 is 6.01. The van der Waals surface area contributed by atoms with E-state index in [-0.39, 0.29) is 18.2 Å². The number of halogens is 1. The summed E-state index contributed by atoms with van der Waals surface area (Å²) in [5.74, 6) is -0.706. The molecule has 1 fully saturated rings. The van der Waals surface area contributed by atoms with Crippen LogP contribution in [0.3, 0.4) is 0 Å². The van der Waals surface area contributed by atoms with Gasteiger partial charge in [0.05, 0.1) is 5.92 Å². The molecule has 1 atom stereocenters. The summed E-state index contributed by atoms with van der Waals surface area (Å²) in [6.45, 7) is 0.342. The Balaban J connectivity index is 1.48. The summed E-state index contributed by atoms with van der Waals surface area (Å²) in [5, 5.41) is 3.56. The first-order chi connectivity index (χ1) is 13.0. The molecule has 1 unspecified atom stereocenters. The molecule has 1 aliphatic rings. The summed E-state index contributed by atoms with van der Waals surface area (Å²) in [6, 6.07) is 15.4. The van der Waals surface area contributed by atoms with Crippen molar-refractivity contribution in [2.24, 2.45) is 5.92 Å². The van der Waals surface area contributed by atoms with Crippen LogP contribution in [0.1, 0.15) is 6.42 Å². The summed E-state index contributed by atoms with van der Waals surface area (Å²) in [5.41, 5.74) is 1.41. The smallest absolute Gasteiger partial charge is 0.336 e. The van der Waals surface area contributed by atoms with Gasteiger partial charge in [0.1, 0.15) is 5.58 Å². The van der Waals surface area contributed by atoms with Crippen LogP contribution in [-0.2, 0) is 9.59 Å². The number of nitrogens with zero attached hydrogens (tertiary/aromatic N) is 1. The molecule has 6 nitrogen and oxygen atoms in total. The van der Waals surface area contributed by atoms with E-state index in [0.29, 0.717) is 23.2 Å². The number of anilines is 2. The normalized spacial score (nSPS) is 16.7. The molecule has 7 heteroatoms. The molecule has 0 aliphatic carbocycles. The zero-order valence-corrected chi connectivity index (χ0v) is 15.7. The van der Waals surface area contributed by atoms with Gasteiger partial charge in [0.15, 0.2) is 0 Å². The van der Waals surface area contributed by atoms with Crippen LogP contribution in [0.15, 0.2) is 68.3 Å². The lowest BCUT2D eigenvalue weighted by Crippen LogP contribution is -2.28. The van der Waals surface area contributed by atoms with Crippen molar-refractivity contribution in [3.05, 3.63) is 69.5 Å². The third-order valence-corrected chi connectivity index (χ3v) is 5.05. The largest absolute Gasteiger partial charge is 0.423 e. The van der Waals surface area contributed by atoms with E-state index in [2.05, 4.69) is 21.2 Å². The maximum Gasteiger partial charge on any atom is 0.336 e. The molecule has 0 saturated carbocycles. The lowest BCUT2D eigenvalue weighted by Gasteiger charge is -2.17. The fourth-order valence-corrected chi connectivity index (χ4v) is 3.41. The molecular weight excluding hydrogens is 412 g/mol. The van der Waals surface area contributed by atoms with Gasteiger partial charge in [-0.1, -0.05) is 15.9 Å². The zero-order valence-electron chi connectivity index (χ0n) is 14.1. The Morgan fingerprint density at radius 2 is 1.85 bits per heavy atom. The van der Waals surface area contributed by atoms with Gasteiger partial charge in [0.2, 0.25) is 11.8 Å². The second-order valence-electron chi connectivity index (χ2n) is 6.38. The van der Waals surface area contributed by atoms with Crippen LogP contribution in [-0.4, -0.2) is 18.4 Å². The molecule has 1 aromatic heterocycles. The summed E-state index contributed by atoms with van der Waals surface area (Å²) in [6.07, 6.45) is 0.171. The Labute approximate surface area is 162 Å². The Bertz CT molecular complexity index is 1090. The Morgan fingerprint density at radius 3 is 2.63 bits per heavy atom. The monoisotopic (exact) mass is 426 g/mol. The van der Waals surface area contributed by atoms with Crippen molar-refractivity contribution in [3.63, 3.8) is 0 Å². The van der Waals surface area contributed by atoms with E-state index in [9.17, 15) is 14.4 Å². The first kappa shape index (κ1) is 17.5. The SMILES string of the molecule is O=C(Nc1ccc2oc(=O)ccc2c1)C1CC(=O)N(c2ccc(Br)cc2)C1. The van der Waals surface area contributed by atoms with Crippen LogP contribution < -0.4 is 15.8 Å². The maximum absolute atomic E-state index is 12.6. The van der Waals surface area contributed by atoms with Gasteiger partial charge in [-0.3, -0.25) is 9.59 Å². The molecule has 2 amide bonds. The van der Waals surface area contributed by atoms with Crippen LogP contribution >= 0.6 is 15.9 Å². The average molecular weight is 427 g/mol. The molecule has 0 spiro atoms. The van der Waals surface area contributed by atoms with Gasteiger partial charge >= 0.3 is 5.63 Å². The molecule has 27 heavy (non-hydrogen) atoms. The number of hydrogen-bond donors (Lipinski definition) is 1. The second kappa shape index (κ2) is 7.00. The van der Waals surface area contributed by atoms with Crippen molar-refractivity contribution in [2.75, 3.05) is 16.8 Å². The van der Waals surface area contributed by atoms with Crippen molar-refractivity contribution in [3.8, 4) is 0 Å². The third kappa shape index (κ3) is 3.64. The number of benzene rings is 2. The van der Waals surface area contributed by atoms with Gasteiger partial charge in [-0.2, -0.15) is 0 Å². The van der Waals surface area contributed by atoms with Crippen molar-refractivity contribution >= 4 is 50.1 Å². The van der Waals surface area contributed by atoms with Crippen LogP contribution in [0.25, 0.3) is 11.0 Å². The predicted molar refractivity (Wildman–Crippen MR) is 106 cm³/mol. The summed E-state index contributed by atoms with van der Waals surface area (Å²) >= 11 is 3.37. The van der Waals surface area contributed by atoms with Gasteiger partial charge in [0.25, 0.3) is 0 Å². The standard InChI is InChI=1S/C20H15BrN2O4/c21-14-2-5-16(6-3-14)23-11-13(10-18(23)24)20(26)22-15-4-7-17-12(9-15)1-8-19(25)27-17/h1-9,13H,10-11H2,(H,22,26). The molecule has 1 N–H and O–H groups in total. The number of hydrogen-bond acceptors (Lipinski definition) is 4. The molecular formula is C20H15BrN2O4. The van der Waals surface area contributed by atoms with Crippen LogP contribution in [0.2, 0.25) is 0 Å². The van der Waals surface area contributed by atoms with E-state index in [4.69, 9.17) is 4.42 Å². The van der Waals surface area contributed by atoms with Gasteiger partial charge in [0, 0.05) is 40.3 Å². The maximum atomic E-state index is 12.6. The van der Waals surface area contributed by atoms with Crippen LogP contribution in [0.5, 0.6) is 0 Å². The fraction of sp³-hybridized carbons (Fsp3) is 0.150. The fourth-order valence-electron chi connectivity index (χ4n) is 3.15. The molecule has 3 aromatic rings. The van der Waals surface area contributed by atoms with Gasteiger partial charge in [-0.15, -0.1) is 0 Å². The summed E-state index contributed by atoms with van der Waals surface area (Å²) in [7, 11) is 0. The van der Waals surface area contributed by atoms with E-state index in [1.54, 1.807) is 29.2 Å². The zero-order chi connectivity index (χ0) is 19.0. The lowest BCUT2D eigenvalue weighted by atomic mass is 10.1. The Morgan fingerprint density at radius 1 is 1.07 bits per heavy atom. The predicted octanol–water partition coefficient (Wildman–Crippen LogP) is 3.55. The van der Waals surface area contributed by atoms with E-state index in [1.165, 1.54) is 6.07 Å². The molecule has 2 aromatic carbocycles. The van der Waals surface area contributed by atoms with Crippen molar-refractivity contribution in [1.29, 1.82) is 0 Å². The molecule has 136 valence electrons. The average Bonchev–Trinajstić information content (AvgIpc) is 3.04. The highest BCUT2D eigenvalue weighted by Gasteiger charge is 2.35. The van der Waals surface area contributed by atoms with Gasteiger partial charge in [-0.05, 0) is 48.5 Å². The Hall–Kier alpha value is -2.93. The van der Waals surface area contributed by atoms with Gasteiger partial charge in [-0.25, -0.2) is 4.79 Å². The van der Waals surface area contributed by atoms with Crippen LogP contribution in [0, 0.1) is 5.92 Å². The topological polar surface area (TPSA) is 79.6 Å². The third-order valence-electron chi connectivity index (χ3n) is 4.52. The number of carbonyl (C=O) groups is 2. The van der Waals surface area contributed by atoms with E-state index in [1.807, 2.05) is 24.3 Å². The van der Waals surface area contributed by atoms with E-state index in [0.717, 1.165) is 10.2 Å². The highest BCUT2D eigenvalue weighted by atomic mass is 79.9. The molecule has 2 heterocycles. The summed E-state index contributed by atoms with van der Waals surface area (Å²) in [4.78, 5) is 37.8. The molecule has 4 rings (SSSR count).